The van der Waals surface area contributed by atoms with E-state index in [0.29, 0.717) is 5.02 Å². The molecule has 0 radical (unpaired) electrons. The lowest BCUT2D eigenvalue weighted by atomic mass is 10.1. The molecule has 0 aliphatic rings. The smallest absolute Gasteiger partial charge is 0.237 e. The van der Waals surface area contributed by atoms with Crippen LogP contribution in [0.4, 0.5) is 0 Å². The quantitative estimate of drug-likeness (QED) is 0.879. The van der Waals surface area contributed by atoms with E-state index in [0.717, 1.165) is 5.56 Å². The Balaban J connectivity index is 0.00000225. The van der Waals surface area contributed by atoms with Crippen molar-refractivity contribution in [1.29, 1.82) is 0 Å². The average molecular weight is 263 g/mol. The van der Waals surface area contributed by atoms with Crippen LogP contribution in [-0.2, 0) is 4.79 Å². The van der Waals surface area contributed by atoms with Gasteiger partial charge in [-0.1, -0.05) is 23.7 Å². The van der Waals surface area contributed by atoms with Gasteiger partial charge in [-0.05, 0) is 31.5 Å². The molecule has 0 spiro atoms. The zero-order chi connectivity index (χ0) is 11.4. The largest absolute Gasteiger partial charge is 0.348 e. The SMILES string of the molecule is CC(N)C(=O)NC(C)c1cccc(Cl)c1.Cl. The molecule has 0 heterocycles. The third-order valence-corrected chi connectivity index (χ3v) is 2.36. The first-order chi connectivity index (χ1) is 7.00. The van der Waals surface area contributed by atoms with Gasteiger partial charge in [0.05, 0.1) is 12.1 Å². The van der Waals surface area contributed by atoms with Crippen molar-refractivity contribution >= 4 is 29.9 Å². The van der Waals surface area contributed by atoms with Gasteiger partial charge in [-0.3, -0.25) is 4.79 Å². The minimum absolute atomic E-state index is 0. The number of rotatable bonds is 3. The first-order valence-electron chi connectivity index (χ1n) is 4.82. The fourth-order valence-corrected chi connectivity index (χ4v) is 1.40. The third kappa shape index (κ3) is 4.39. The van der Waals surface area contributed by atoms with Crippen LogP contribution in [-0.4, -0.2) is 11.9 Å². The van der Waals surface area contributed by atoms with Crippen molar-refractivity contribution in [2.75, 3.05) is 0 Å². The predicted octanol–water partition coefficient (Wildman–Crippen LogP) is 2.29. The number of halogens is 2. The molecule has 3 nitrogen and oxygen atoms in total. The van der Waals surface area contributed by atoms with Crippen LogP contribution in [0.5, 0.6) is 0 Å². The van der Waals surface area contributed by atoms with E-state index >= 15 is 0 Å². The van der Waals surface area contributed by atoms with Crippen molar-refractivity contribution in [2.24, 2.45) is 5.73 Å². The van der Waals surface area contributed by atoms with E-state index in [4.69, 9.17) is 17.3 Å². The van der Waals surface area contributed by atoms with Crippen molar-refractivity contribution in [3.8, 4) is 0 Å². The highest BCUT2D eigenvalue weighted by atomic mass is 35.5. The van der Waals surface area contributed by atoms with Crippen LogP contribution in [0, 0.1) is 0 Å². The van der Waals surface area contributed by atoms with E-state index in [-0.39, 0.29) is 24.4 Å². The second-order valence-corrected chi connectivity index (χ2v) is 4.01. The lowest BCUT2D eigenvalue weighted by Crippen LogP contribution is -2.39. The van der Waals surface area contributed by atoms with Crippen LogP contribution in [0.3, 0.4) is 0 Å². The summed E-state index contributed by atoms with van der Waals surface area (Å²) in [5.41, 5.74) is 6.42. The Morgan fingerprint density at radius 2 is 2.06 bits per heavy atom. The first-order valence-corrected chi connectivity index (χ1v) is 5.20. The minimum Gasteiger partial charge on any atom is -0.348 e. The molecule has 5 heteroatoms. The number of hydrogen-bond donors (Lipinski definition) is 2. The molecule has 90 valence electrons. The number of nitrogens with two attached hydrogens (primary N) is 1. The van der Waals surface area contributed by atoms with Crippen molar-refractivity contribution < 1.29 is 4.79 Å². The van der Waals surface area contributed by atoms with Gasteiger partial charge in [-0.15, -0.1) is 12.4 Å². The lowest BCUT2D eigenvalue weighted by molar-refractivity contribution is -0.122. The second kappa shape index (κ2) is 6.74. The number of nitrogens with one attached hydrogen (secondary N) is 1. The molecule has 3 N–H and O–H groups in total. The highest BCUT2D eigenvalue weighted by molar-refractivity contribution is 6.30. The van der Waals surface area contributed by atoms with Gasteiger partial charge in [0, 0.05) is 5.02 Å². The van der Waals surface area contributed by atoms with Crippen LogP contribution in [0.1, 0.15) is 25.5 Å². The molecule has 1 amide bonds. The zero-order valence-corrected chi connectivity index (χ0v) is 10.8. The summed E-state index contributed by atoms with van der Waals surface area (Å²) in [6, 6.07) is 6.82. The minimum atomic E-state index is -0.494. The normalized spacial score (nSPS) is 13.5. The van der Waals surface area contributed by atoms with Gasteiger partial charge in [0.2, 0.25) is 5.91 Å². The molecule has 2 atom stereocenters. The molecular formula is C11H16Cl2N2O. The van der Waals surface area contributed by atoms with Crippen LogP contribution in [0.2, 0.25) is 5.02 Å². The van der Waals surface area contributed by atoms with E-state index in [2.05, 4.69) is 5.32 Å². The summed E-state index contributed by atoms with van der Waals surface area (Å²) in [4.78, 5) is 11.3. The average Bonchev–Trinajstić information content (AvgIpc) is 2.17. The predicted molar refractivity (Wildman–Crippen MR) is 68.9 cm³/mol. The van der Waals surface area contributed by atoms with E-state index in [1.54, 1.807) is 13.0 Å². The van der Waals surface area contributed by atoms with Crippen LogP contribution in [0.25, 0.3) is 0 Å². The second-order valence-electron chi connectivity index (χ2n) is 3.57. The van der Waals surface area contributed by atoms with Crippen LogP contribution < -0.4 is 11.1 Å². The molecule has 0 aliphatic heterocycles. The molecule has 0 aliphatic carbocycles. The van der Waals surface area contributed by atoms with E-state index < -0.39 is 6.04 Å². The fraction of sp³-hybridized carbons (Fsp3) is 0.364. The highest BCUT2D eigenvalue weighted by Crippen LogP contribution is 2.17. The van der Waals surface area contributed by atoms with Crippen LogP contribution >= 0.6 is 24.0 Å². The van der Waals surface area contributed by atoms with Gasteiger partial charge in [-0.2, -0.15) is 0 Å². The standard InChI is InChI=1S/C11H15ClN2O.ClH/c1-7(13)11(15)14-8(2)9-4-3-5-10(12)6-9;/h3-8H,13H2,1-2H3,(H,14,15);1H. The van der Waals surface area contributed by atoms with E-state index in [1.165, 1.54) is 0 Å². The third-order valence-electron chi connectivity index (χ3n) is 2.12. The summed E-state index contributed by atoms with van der Waals surface area (Å²) in [7, 11) is 0. The van der Waals surface area contributed by atoms with Gasteiger partial charge in [-0.25, -0.2) is 0 Å². The molecule has 2 unspecified atom stereocenters. The van der Waals surface area contributed by atoms with Gasteiger partial charge in [0.1, 0.15) is 0 Å². The summed E-state index contributed by atoms with van der Waals surface area (Å²) >= 11 is 5.85. The summed E-state index contributed by atoms with van der Waals surface area (Å²) < 4.78 is 0. The Labute approximate surface area is 107 Å². The van der Waals surface area contributed by atoms with Gasteiger partial charge in [0.15, 0.2) is 0 Å². The highest BCUT2D eigenvalue weighted by Gasteiger charge is 2.12. The summed E-state index contributed by atoms with van der Waals surface area (Å²) in [5, 5.41) is 3.46. The maximum absolute atomic E-state index is 11.3. The Bertz CT molecular complexity index is 356. The molecule has 1 aromatic rings. The van der Waals surface area contributed by atoms with Crippen molar-refractivity contribution in [2.45, 2.75) is 25.9 Å². The summed E-state index contributed by atoms with van der Waals surface area (Å²) in [5.74, 6) is -0.164. The van der Waals surface area contributed by atoms with Gasteiger partial charge in [0.25, 0.3) is 0 Å². The Morgan fingerprint density at radius 3 is 2.56 bits per heavy atom. The van der Waals surface area contributed by atoms with E-state index in [1.807, 2.05) is 25.1 Å². The maximum Gasteiger partial charge on any atom is 0.237 e. The molecule has 0 bridgehead atoms. The molecular weight excluding hydrogens is 247 g/mol. The molecule has 16 heavy (non-hydrogen) atoms. The van der Waals surface area contributed by atoms with Gasteiger partial charge < -0.3 is 11.1 Å². The number of amides is 1. The first kappa shape index (κ1) is 15.2. The summed E-state index contributed by atoms with van der Waals surface area (Å²) in [6.45, 7) is 3.55. The molecule has 0 aromatic heterocycles. The lowest BCUT2D eigenvalue weighted by Gasteiger charge is -2.16. The summed E-state index contributed by atoms with van der Waals surface area (Å²) in [6.07, 6.45) is 0. The van der Waals surface area contributed by atoms with Crippen molar-refractivity contribution in [3.63, 3.8) is 0 Å². The maximum atomic E-state index is 11.3. The Hall–Kier alpha value is -0.770. The Kier molecular flexibility index (Phi) is 6.41. The molecule has 1 aromatic carbocycles. The van der Waals surface area contributed by atoms with Crippen LogP contribution in [0.15, 0.2) is 24.3 Å². The molecule has 1 rings (SSSR count). The number of benzene rings is 1. The number of hydrogen-bond acceptors (Lipinski definition) is 2. The number of carbonyl (C=O) groups is 1. The fourth-order valence-electron chi connectivity index (χ4n) is 1.20. The van der Waals surface area contributed by atoms with Crippen molar-refractivity contribution in [3.05, 3.63) is 34.9 Å². The zero-order valence-electron chi connectivity index (χ0n) is 9.24. The molecule has 0 saturated carbocycles. The van der Waals surface area contributed by atoms with Crippen molar-refractivity contribution in [1.82, 2.24) is 5.32 Å². The monoisotopic (exact) mass is 262 g/mol. The van der Waals surface area contributed by atoms with E-state index in [9.17, 15) is 4.79 Å². The Morgan fingerprint density at radius 1 is 1.44 bits per heavy atom. The molecule has 0 fully saturated rings. The molecule has 0 saturated heterocycles. The van der Waals surface area contributed by atoms with Gasteiger partial charge >= 0.3 is 0 Å². The number of carbonyl (C=O) groups excluding carboxylic acids is 1. The topological polar surface area (TPSA) is 55.1 Å².